The summed E-state index contributed by atoms with van der Waals surface area (Å²) in [7, 11) is 0. The molecule has 0 aromatic heterocycles. The number of hydrogen-bond acceptors (Lipinski definition) is 3. The summed E-state index contributed by atoms with van der Waals surface area (Å²) in [6.45, 7) is 6.30. The van der Waals surface area contributed by atoms with Crippen LogP contribution in [0.1, 0.15) is 13.8 Å². The summed E-state index contributed by atoms with van der Waals surface area (Å²) in [6.07, 6.45) is 0. The second kappa shape index (κ2) is 8.95. The Hall–Kier alpha value is -1.06. The van der Waals surface area contributed by atoms with Gasteiger partial charge in [-0.1, -0.05) is 0 Å². The van der Waals surface area contributed by atoms with Gasteiger partial charge in [-0.05, 0) is 13.8 Å². The van der Waals surface area contributed by atoms with Crippen molar-refractivity contribution < 1.29 is 9.59 Å². The van der Waals surface area contributed by atoms with Crippen LogP contribution in [-0.4, -0.2) is 55.5 Å². The van der Waals surface area contributed by atoms with Crippen LogP contribution in [0.25, 0.3) is 0 Å². The van der Waals surface area contributed by atoms with Crippen LogP contribution in [0.5, 0.6) is 0 Å². The smallest absolute Gasteiger partial charge is 0.324 e. The standard InChI is InChI=1S/C10H19N5O2.HI/c1-3-11-9(12-4-2)13-5-6-15-8(16)7-14-10(15)17;/h3-7H2,1-2H3,(H,14,17)(H2,11,12,13);1H. The van der Waals surface area contributed by atoms with Gasteiger partial charge in [-0.3, -0.25) is 14.7 Å². The number of rotatable bonds is 5. The second-order valence-electron chi connectivity index (χ2n) is 3.50. The Labute approximate surface area is 124 Å². The van der Waals surface area contributed by atoms with E-state index >= 15 is 0 Å². The molecule has 104 valence electrons. The predicted molar refractivity (Wildman–Crippen MR) is 80.2 cm³/mol. The highest BCUT2D eigenvalue weighted by Crippen LogP contribution is 1.97. The lowest BCUT2D eigenvalue weighted by molar-refractivity contribution is -0.124. The van der Waals surface area contributed by atoms with Gasteiger partial charge in [0.15, 0.2) is 5.96 Å². The van der Waals surface area contributed by atoms with Crippen LogP contribution in [0.2, 0.25) is 0 Å². The lowest BCUT2D eigenvalue weighted by Gasteiger charge is -2.12. The number of nitrogens with zero attached hydrogens (tertiary/aromatic N) is 2. The van der Waals surface area contributed by atoms with Gasteiger partial charge < -0.3 is 16.0 Å². The highest BCUT2D eigenvalue weighted by molar-refractivity contribution is 14.0. The molecule has 0 unspecified atom stereocenters. The molecule has 1 aliphatic heterocycles. The summed E-state index contributed by atoms with van der Waals surface area (Å²) in [5, 5.41) is 8.60. The monoisotopic (exact) mass is 369 g/mol. The summed E-state index contributed by atoms with van der Waals surface area (Å²) in [6, 6.07) is -0.335. The molecule has 3 amide bonds. The van der Waals surface area contributed by atoms with Crippen molar-refractivity contribution in [2.24, 2.45) is 4.99 Å². The first-order chi connectivity index (χ1) is 8.19. The molecule has 0 saturated carbocycles. The molecular formula is C10H20IN5O2. The van der Waals surface area contributed by atoms with Crippen molar-refractivity contribution in [3.8, 4) is 0 Å². The van der Waals surface area contributed by atoms with Gasteiger partial charge in [0, 0.05) is 13.1 Å². The average molecular weight is 369 g/mol. The Kier molecular flexibility index (Phi) is 8.42. The third-order valence-electron chi connectivity index (χ3n) is 2.22. The van der Waals surface area contributed by atoms with Gasteiger partial charge in [0.1, 0.15) is 0 Å². The minimum atomic E-state index is -0.335. The molecule has 1 aliphatic rings. The Morgan fingerprint density at radius 1 is 1.33 bits per heavy atom. The molecule has 1 heterocycles. The summed E-state index contributed by atoms with van der Waals surface area (Å²) >= 11 is 0. The Morgan fingerprint density at radius 2 is 1.94 bits per heavy atom. The molecule has 0 bridgehead atoms. The fourth-order valence-corrected chi connectivity index (χ4v) is 1.45. The van der Waals surface area contributed by atoms with E-state index in [0.29, 0.717) is 19.0 Å². The molecular weight excluding hydrogens is 349 g/mol. The van der Waals surface area contributed by atoms with Crippen LogP contribution in [0.3, 0.4) is 0 Å². The highest BCUT2D eigenvalue weighted by Gasteiger charge is 2.27. The molecule has 0 aromatic rings. The van der Waals surface area contributed by atoms with Crippen LogP contribution in [0.4, 0.5) is 4.79 Å². The highest BCUT2D eigenvalue weighted by atomic mass is 127. The number of nitrogens with one attached hydrogen (secondary N) is 3. The third kappa shape index (κ3) is 5.07. The molecule has 0 atom stereocenters. The summed E-state index contributed by atoms with van der Waals surface area (Å²) < 4.78 is 0. The maximum Gasteiger partial charge on any atom is 0.324 e. The van der Waals surface area contributed by atoms with Crippen LogP contribution in [0.15, 0.2) is 4.99 Å². The van der Waals surface area contributed by atoms with Crippen molar-refractivity contribution in [1.82, 2.24) is 20.9 Å². The van der Waals surface area contributed by atoms with Crippen molar-refractivity contribution in [1.29, 1.82) is 0 Å². The van der Waals surface area contributed by atoms with Gasteiger partial charge in [-0.25, -0.2) is 4.79 Å². The van der Waals surface area contributed by atoms with Crippen molar-refractivity contribution in [3.63, 3.8) is 0 Å². The van der Waals surface area contributed by atoms with Gasteiger partial charge in [0.25, 0.3) is 0 Å². The Balaban J connectivity index is 0.00000289. The largest absolute Gasteiger partial charge is 0.357 e. The molecule has 0 spiro atoms. The van der Waals surface area contributed by atoms with Gasteiger partial charge in [-0.15, -0.1) is 24.0 Å². The molecule has 1 rings (SSSR count). The maximum atomic E-state index is 11.3. The van der Waals surface area contributed by atoms with E-state index in [4.69, 9.17) is 0 Å². The Morgan fingerprint density at radius 3 is 2.39 bits per heavy atom. The van der Waals surface area contributed by atoms with Gasteiger partial charge in [-0.2, -0.15) is 0 Å². The number of halogens is 1. The van der Waals surface area contributed by atoms with E-state index in [9.17, 15) is 9.59 Å². The van der Waals surface area contributed by atoms with E-state index in [1.807, 2.05) is 13.8 Å². The van der Waals surface area contributed by atoms with Gasteiger partial charge >= 0.3 is 6.03 Å². The number of carbonyl (C=O) groups is 2. The summed E-state index contributed by atoms with van der Waals surface area (Å²) in [5.41, 5.74) is 0. The van der Waals surface area contributed by atoms with E-state index in [-0.39, 0.29) is 42.5 Å². The topological polar surface area (TPSA) is 85.8 Å². The zero-order chi connectivity index (χ0) is 12.7. The molecule has 1 saturated heterocycles. The first kappa shape index (κ1) is 16.9. The number of hydrogen-bond donors (Lipinski definition) is 3. The summed E-state index contributed by atoms with van der Waals surface area (Å²) in [5.74, 6) is 0.501. The van der Waals surface area contributed by atoms with E-state index in [2.05, 4.69) is 20.9 Å². The fourth-order valence-electron chi connectivity index (χ4n) is 1.45. The zero-order valence-electron chi connectivity index (χ0n) is 10.7. The number of aliphatic imine (C=N–C) groups is 1. The first-order valence-corrected chi connectivity index (χ1v) is 5.79. The first-order valence-electron chi connectivity index (χ1n) is 5.79. The van der Waals surface area contributed by atoms with Crippen molar-refractivity contribution in [3.05, 3.63) is 0 Å². The molecule has 1 fully saturated rings. The van der Waals surface area contributed by atoms with E-state index in [1.165, 1.54) is 4.90 Å². The molecule has 0 aliphatic carbocycles. The molecule has 18 heavy (non-hydrogen) atoms. The van der Waals surface area contributed by atoms with Gasteiger partial charge in [0.05, 0.1) is 19.6 Å². The van der Waals surface area contributed by atoms with E-state index < -0.39 is 0 Å². The van der Waals surface area contributed by atoms with Gasteiger partial charge in [0.2, 0.25) is 5.91 Å². The number of guanidine groups is 1. The number of imide groups is 1. The van der Waals surface area contributed by atoms with Crippen LogP contribution >= 0.6 is 24.0 Å². The minimum absolute atomic E-state index is 0. The predicted octanol–water partition coefficient (Wildman–Crippen LogP) is -0.269. The number of amides is 3. The third-order valence-corrected chi connectivity index (χ3v) is 2.22. The van der Waals surface area contributed by atoms with Crippen LogP contribution in [-0.2, 0) is 4.79 Å². The number of urea groups is 1. The minimum Gasteiger partial charge on any atom is -0.357 e. The van der Waals surface area contributed by atoms with E-state index in [0.717, 1.165) is 13.1 Å². The van der Waals surface area contributed by atoms with Crippen molar-refractivity contribution in [2.75, 3.05) is 32.7 Å². The zero-order valence-corrected chi connectivity index (χ0v) is 13.0. The molecule has 8 heteroatoms. The molecule has 0 aromatic carbocycles. The second-order valence-corrected chi connectivity index (χ2v) is 3.50. The lowest BCUT2D eigenvalue weighted by atomic mass is 10.5. The fraction of sp³-hybridized carbons (Fsp3) is 0.700. The quantitative estimate of drug-likeness (QED) is 0.270. The normalized spacial score (nSPS) is 13.8. The van der Waals surface area contributed by atoms with Crippen molar-refractivity contribution in [2.45, 2.75) is 13.8 Å². The lowest BCUT2D eigenvalue weighted by Crippen LogP contribution is -2.38. The van der Waals surface area contributed by atoms with Crippen LogP contribution < -0.4 is 16.0 Å². The SMILES string of the molecule is CCNC(=NCCN1C(=O)CNC1=O)NCC.I. The average Bonchev–Trinajstić information content (AvgIpc) is 2.61. The molecule has 3 N–H and O–H groups in total. The molecule has 0 radical (unpaired) electrons. The van der Waals surface area contributed by atoms with Crippen molar-refractivity contribution >= 4 is 41.9 Å². The van der Waals surface area contributed by atoms with E-state index in [1.54, 1.807) is 0 Å². The Bertz CT molecular complexity index is 297. The maximum absolute atomic E-state index is 11.3. The van der Waals surface area contributed by atoms with Crippen LogP contribution in [0, 0.1) is 0 Å². The summed E-state index contributed by atoms with van der Waals surface area (Å²) in [4.78, 5) is 27.9. The number of carbonyl (C=O) groups excluding carboxylic acids is 2. The molecule has 7 nitrogen and oxygen atoms in total.